The van der Waals surface area contributed by atoms with Crippen LogP contribution in [0.3, 0.4) is 0 Å². The number of hydrogen-bond acceptors (Lipinski definition) is 4. The first-order chi connectivity index (χ1) is 8.61. The minimum absolute atomic E-state index is 0.160. The van der Waals surface area contributed by atoms with Crippen molar-refractivity contribution in [3.8, 4) is 11.6 Å². The van der Waals surface area contributed by atoms with Gasteiger partial charge in [-0.15, -0.1) is 0 Å². The Morgan fingerprint density at radius 3 is 2.78 bits per heavy atom. The summed E-state index contributed by atoms with van der Waals surface area (Å²) >= 11 is 8.98. The van der Waals surface area contributed by atoms with E-state index in [0.29, 0.717) is 5.69 Å². The second-order valence-electron chi connectivity index (χ2n) is 3.31. The standard InChI is InChI=1S/C11H8BrClFN3O/c12-6-3-7(13)10(4-8(6)14)18-11-9(5-15)16-1-2-17-11/h1-4H,5,15H2. The molecule has 0 unspecified atom stereocenters. The molecule has 0 saturated carbocycles. The van der Waals surface area contributed by atoms with E-state index < -0.39 is 5.82 Å². The predicted octanol–water partition coefficient (Wildman–Crippen LogP) is 3.28. The van der Waals surface area contributed by atoms with Crippen LogP contribution in [0.2, 0.25) is 5.02 Å². The van der Waals surface area contributed by atoms with Crippen LogP contribution in [0.25, 0.3) is 0 Å². The van der Waals surface area contributed by atoms with Gasteiger partial charge in [0.15, 0.2) is 5.75 Å². The molecule has 7 heteroatoms. The van der Waals surface area contributed by atoms with Crippen molar-refractivity contribution in [3.05, 3.63) is 45.5 Å². The highest BCUT2D eigenvalue weighted by Gasteiger charge is 2.12. The number of nitrogens with zero attached hydrogens (tertiary/aromatic N) is 2. The van der Waals surface area contributed by atoms with E-state index in [9.17, 15) is 4.39 Å². The second-order valence-corrected chi connectivity index (χ2v) is 4.57. The van der Waals surface area contributed by atoms with Crippen LogP contribution in [0.15, 0.2) is 29.0 Å². The lowest BCUT2D eigenvalue weighted by molar-refractivity contribution is 0.447. The molecule has 0 atom stereocenters. The van der Waals surface area contributed by atoms with Crippen molar-refractivity contribution in [2.45, 2.75) is 6.54 Å². The normalized spacial score (nSPS) is 10.4. The van der Waals surface area contributed by atoms with Gasteiger partial charge in [0.2, 0.25) is 5.88 Å². The van der Waals surface area contributed by atoms with Crippen molar-refractivity contribution < 1.29 is 9.13 Å². The molecule has 2 N–H and O–H groups in total. The fraction of sp³-hybridized carbons (Fsp3) is 0.0909. The highest BCUT2D eigenvalue weighted by molar-refractivity contribution is 9.10. The molecule has 2 rings (SSSR count). The first kappa shape index (κ1) is 13.2. The summed E-state index contributed by atoms with van der Waals surface area (Å²) in [4.78, 5) is 7.98. The monoisotopic (exact) mass is 331 g/mol. The molecule has 1 heterocycles. The van der Waals surface area contributed by atoms with Gasteiger partial charge in [-0.3, -0.25) is 4.98 Å². The molecule has 0 aliphatic rings. The van der Waals surface area contributed by atoms with E-state index in [1.165, 1.54) is 24.5 Å². The van der Waals surface area contributed by atoms with Gasteiger partial charge in [0.1, 0.15) is 11.5 Å². The summed E-state index contributed by atoms with van der Waals surface area (Å²) in [5.74, 6) is -0.108. The van der Waals surface area contributed by atoms with E-state index in [0.717, 1.165) is 0 Å². The Bertz CT molecular complexity index is 582. The van der Waals surface area contributed by atoms with Crippen LogP contribution in [-0.4, -0.2) is 9.97 Å². The fourth-order valence-electron chi connectivity index (χ4n) is 1.27. The van der Waals surface area contributed by atoms with Gasteiger partial charge in [0.05, 0.1) is 9.50 Å². The molecule has 0 spiro atoms. The predicted molar refractivity (Wildman–Crippen MR) is 69.1 cm³/mol. The summed E-state index contributed by atoms with van der Waals surface area (Å²) in [6.45, 7) is 0.166. The molecule has 0 saturated heterocycles. The lowest BCUT2D eigenvalue weighted by Crippen LogP contribution is -2.03. The topological polar surface area (TPSA) is 61.0 Å². The van der Waals surface area contributed by atoms with Crippen LogP contribution in [0.4, 0.5) is 4.39 Å². The summed E-state index contributed by atoms with van der Waals surface area (Å²) in [5, 5.41) is 0.261. The number of halogens is 3. The van der Waals surface area contributed by atoms with E-state index >= 15 is 0 Å². The molecule has 1 aromatic heterocycles. The second kappa shape index (κ2) is 5.60. The average Bonchev–Trinajstić information content (AvgIpc) is 2.36. The van der Waals surface area contributed by atoms with Crippen molar-refractivity contribution in [3.63, 3.8) is 0 Å². The van der Waals surface area contributed by atoms with Crippen LogP contribution in [0.5, 0.6) is 11.6 Å². The highest BCUT2D eigenvalue weighted by atomic mass is 79.9. The largest absolute Gasteiger partial charge is 0.436 e. The number of ether oxygens (including phenoxy) is 1. The zero-order chi connectivity index (χ0) is 13.1. The van der Waals surface area contributed by atoms with Crippen molar-refractivity contribution in [2.24, 2.45) is 5.73 Å². The minimum Gasteiger partial charge on any atom is -0.436 e. The third kappa shape index (κ3) is 2.77. The smallest absolute Gasteiger partial charge is 0.242 e. The Kier molecular flexibility index (Phi) is 4.11. The number of rotatable bonds is 3. The molecule has 94 valence electrons. The van der Waals surface area contributed by atoms with Gasteiger partial charge < -0.3 is 10.5 Å². The molecule has 18 heavy (non-hydrogen) atoms. The van der Waals surface area contributed by atoms with E-state index in [1.807, 2.05) is 0 Å². The molecule has 0 radical (unpaired) electrons. The Balaban J connectivity index is 2.37. The lowest BCUT2D eigenvalue weighted by atomic mass is 10.3. The molecule has 0 amide bonds. The van der Waals surface area contributed by atoms with Gasteiger partial charge >= 0.3 is 0 Å². The SMILES string of the molecule is NCc1nccnc1Oc1cc(F)c(Br)cc1Cl. The molecular weight excluding hydrogens is 324 g/mol. The summed E-state index contributed by atoms with van der Waals surface area (Å²) in [6.07, 6.45) is 2.95. The summed E-state index contributed by atoms with van der Waals surface area (Å²) in [7, 11) is 0. The van der Waals surface area contributed by atoms with Crippen LogP contribution >= 0.6 is 27.5 Å². The van der Waals surface area contributed by atoms with Crippen molar-refractivity contribution in [1.29, 1.82) is 0 Å². The van der Waals surface area contributed by atoms with Crippen LogP contribution in [0, 0.1) is 5.82 Å². The number of aromatic nitrogens is 2. The van der Waals surface area contributed by atoms with Crippen molar-refractivity contribution in [2.75, 3.05) is 0 Å². The Morgan fingerprint density at radius 2 is 2.06 bits per heavy atom. The van der Waals surface area contributed by atoms with Crippen molar-refractivity contribution >= 4 is 27.5 Å². The van der Waals surface area contributed by atoms with Gasteiger partial charge in [0.25, 0.3) is 0 Å². The van der Waals surface area contributed by atoms with E-state index in [1.54, 1.807) is 0 Å². The molecule has 0 fully saturated rings. The molecular formula is C11H8BrClFN3O. The quantitative estimate of drug-likeness (QED) is 0.876. The fourth-order valence-corrected chi connectivity index (χ4v) is 1.94. The van der Waals surface area contributed by atoms with Crippen LogP contribution in [-0.2, 0) is 6.54 Å². The third-order valence-electron chi connectivity index (χ3n) is 2.11. The zero-order valence-corrected chi connectivity index (χ0v) is 11.4. The first-order valence-electron chi connectivity index (χ1n) is 4.94. The van der Waals surface area contributed by atoms with Gasteiger partial charge in [-0.05, 0) is 22.0 Å². The molecule has 4 nitrogen and oxygen atoms in total. The van der Waals surface area contributed by atoms with E-state index in [-0.39, 0.29) is 27.7 Å². The highest BCUT2D eigenvalue weighted by Crippen LogP contribution is 2.33. The van der Waals surface area contributed by atoms with Crippen molar-refractivity contribution in [1.82, 2.24) is 9.97 Å². The minimum atomic E-state index is -0.479. The van der Waals surface area contributed by atoms with Gasteiger partial charge in [-0.1, -0.05) is 11.6 Å². The summed E-state index contributed by atoms with van der Waals surface area (Å²) in [5.41, 5.74) is 5.97. The van der Waals surface area contributed by atoms with Crippen LogP contribution in [0.1, 0.15) is 5.69 Å². The summed E-state index contributed by atoms with van der Waals surface area (Å²) in [6, 6.07) is 2.58. The average molecular weight is 333 g/mol. The maximum atomic E-state index is 13.4. The van der Waals surface area contributed by atoms with E-state index in [2.05, 4.69) is 25.9 Å². The molecule has 1 aromatic carbocycles. The number of nitrogens with two attached hydrogens (primary N) is 1. The maximum absolute atomic E-state index is 13.4. The van der Waals surface area contributed by atoms with Crippen LogP contribution < -0.4 is 10.5 Å². The van der Waals surface area contributed by atoms with Gasteiger partial charge in [-0.25, -0.2) is 9.37 Å². The Morgan fingerprint density at radius 1 is 1.33 bits per heavy atom. The Labute approximate surface area is 116 Å². The zero-order valence-electron chi connectivity index (χ0n) is 9.03. The lowest BCUT2D eigenvalue weighted by Gasteiger charge is -2.09. The molecule has 2 aromatic rings. The molecule has 0 aliphatic carbocycles. The maximum Gasteiger partial charge on any atom is 0.242 e. The number of hydrogen-bond donors (Lipinski definition) is 1. The van der Waals surface area contributed by atoms with Gasteiger partial charge in [-0.2, -0.15) is 0 Å². The third-order valence-corrected chi connectivity index (χ3v) is 3.01. The van der Waals surface area contributed by atoms with Gasteiger partial charge in [0, 0.05) is 25.0 Å². The summed E-state index contributed by atoms with van der Waals surface area (Å²) < 4.78 is 19.1. The first-order valence-corrected chi connectivity index (χ1v) is 6.11. The number of benzene rings is 1. The van der Waals surface area contributed by atoms with E-state index in [4.69, 9.17) is 22.1 Å². The molecule has 0 aliphatic heterocycles. The Hall–Kier alpha value is -1.24. The molecule has 0 bridgehead atoms.